The van der Waals surface area contributed by atoms with E-state index in [1.54, 1.807) is 12.4 Å². The van der Waals surface area contributed by atoms with Crippen LogP contribution in [-0.2, 0) is 0 Å². The summed E-state index contributed by atoms with van der Waals surface area (Å²) in [6.45, 7) is 5.16. The summed E-state index contributed by atoms with van der Waals surface area (Å²) in [6.07, 6.45) is 4.10. The molecule has 7 nitrogen and oxygen atoms in total. The Bertz CT molecular complexity index is 902. The predicted octanol–water partition coefficient (Wildman–Crippen LogP) is 2.83. The lowest BCUT2D eigenvalue weighted by Gasteiger charge is -2.14. The van der Waals surface area contributed by atoms with E-state index < -0.39 is 0 Å². The molecule has 0 bridgehead atoms. The third kappa shape index (κ3) is 3.17. The summed E-state index contributed by atoms with van der Waals surface area (Å²) in [5, 5.41) is 10.2. The highest BCUT2D eigenvalue weighted by Crippen LogP contribution is 2.29. The molecule has 0 unspecified atom stereocenters. The maximum Gasteiger partial charge on any atom is 0.267 e. The molecule has 0 radical (unpaired) electrons. The second-order valence-corrected chi connectivity index (χ2v) is 7.12. The highest BCUT2D eigenvalue weighted by atomic mass is 32.1. The van der Waals surface area contributed by atoms with Crippen LogP contribution in [0.1, 0.15) is 39.2 Å². The summed E-state index contributed by atoms with van der Waals surface area (Å²) in [4.78, 5) is 23.6. The van der Waals surface area contributed by atoms with Crippen LogP contribution in [0.4, 0.5) is 0 Å². The fraction of sp³-hybridized carbons (Fsp3) is 0.353. The third-order valence-corrected chi connectivity index (χ3v) is 5.24. The third-order valence-electron chi connectivity index (χ3n) is 4.21. The fourth-order valence-corrected chi connectivity index (χ4v) is 3.72. The van der Waals surface area contributed by atoms with Crippen LogP contribution in [0.25, 0.3) is 11.6 Å². The van der Waals surface area contributed by atoms with Crippen molar-refractivity contribution in [2.45, 2.75) is 26.2 Å². The van der Waals surface area contributed by atoms with E-state index >= 15 is 0 Å². The average molecular weight is 355 g/mol. The fourth-order valence-electron chi connectivity index (χ4n) is 2.85. The van der Waals surface area contributed by atoms with Crippen molar-refractivity contribution in [3.05, 3.63) is 45.9 Å². The number of likely N-dealkylation sites (tertiary alicyclic amines) is 1. The topological polar surface area (TPSA) is 85.0 Å². The van der Waals surface area contributed by atoms with Gasteiger partial charge in [-0.25, -0.2) is 4.98 Å². The van der Waals surface area contributed by atoms with Crippen LogP contribution in [0.2, 0.25) is 0 Å². The number of nitrogens with zero attached hydrogens (tertiary/aromatic N) is 5. The molecule has 1 aliphatic heterocycles. The number of hydrogen-bond acceptors (Lipinski definition) is 7. The van der Waals surface area contributed by atoms with Crippen molar-refractivity contribution in [3.8, 4) is 11.6 Å². The Labute approximate surface area is 148 Å². The molecule has 128 valence electrons. The van der Waals surface area contributed by atoms with E-state index in [9.17, 15) is 4.79 Å². The smallest absolute Gasteiger partial charge is 0.267 e. The molecule has 0 N–H and O–H groups in total. The molecule has 8 heteroatoms. The van der Waals surface area contributed by atoms with Gasteiger partial charge in [-0.2, -0.15) is 0 Å². The van der Waals surface area contributed by atoms with Crippen molar-refractivity contribution in [3.63, 3.8) is 0 Å². The molecular weight excluding hydrogens is 338 g/mol. The maximum atomic E-state index is 12.5. The number of aryl methyl sites for hydroxylation is 2. The van der Waals surface area contributed by atoms with E-state index in [2.05, 4.69) is 20.2 Å². The molecule has 3 aromatic heterocycles. The molecule has 1 fully saturated rings. The first kappa shape index (κ1) is 15.9. The van der Waals surface area contributed by atoms with Crippen LogP contribution in [0.5, 0.6) is 0 Å². The van der Waals surface area contributed by atoms with E-state index in [1.165, 1.54) is 11.3 Å². The molecule has 25 heavy (non-hydrogen) atoms. The number of carbonyl (C=O) groups is 1. The van der Waals surface area contributed by atoms with Crippen molar-refractivity contribution < 1.29 is 9.21 Å². The van der Waals surface area contributed by atoms with Gasteiger partial charge in [-0.15, -0.1) is 21.5 Å². The van der Waals surface area contributed by atoms with Crippen molar-refractivity contribution in [2.24, 2.45) is 0 Å². The number of hydrogen-bond donors (Lipinski definition) is 0. The van der Waals surface area contributed by atoms with Crippen LogP contribution in [0, 0.1) is 13.8 Å². The first-order chi connectivity index (χ1) is 12.1. The summed E-state index contributed by atoms with van der Waals surface area (Å²) >= 11 is 1.49. The molecule has 3 aromatic rings. The molecule has 0 aliphatic carbocycles. The standard InChI is InChI=1S/C17H17N5O2S/c1-10-5-14(25-9-10)17(23)22-4-3-12(8-22)15-20-21-16(24-15)13-7-18-11(2)6-19-13/h5-7,9,12H,3-4,8H2,1-2H3/t12-/m0/s1. The monoisotopic (exact) mass is 355 g/mol. The van der Waals surface area contributed by atoms with Gasteiger partial charge in [0, 0.05) is 19.3 Å². The molecule has 4 heterocycles. The van der Waals surface area contributed by atoms with Gasteiger partial charge in [-0.3, -0.25) is 9.78 Å². The van der Waals surface area contributed by atoms with Crippen LogP contribution < -0.4 is 0 Å². The molecule has 4 rings (SSSR count). The van der Waals surface area contributed by atoms with E-state index in [4.69, 9.17) is 4.42 Å². The van der Waals surface area contributed by atoms with E-state index in [-0.39, 0.29) is 11.8 Å². The first-order valence-electron chi connectivity index (χ1n) is 8.07. The number of carbonyl (C=O) groups excluding carboxylic acids is 1. The van der Waals surface area contributed by atoms with Crippen molar-refractivity contribution in [2.75, 3.05) is 13.1 Å². The Morgan fingerprint density at radius 2 is 2.16 bits per heavy atom. The van der Waals surface area contributed by atoms with Gasteiger partial charge in [-0.1, -0.05) is 0 Å². The van der Waals surface area contributed by atoms with Gasteiger partial charge in [0.1, 0.15) is 5.69 Å². The summed E-state index contributed by atoms with van der Waals surface area (Å²) in [5.74, 6) is 1.05. The number of thiophene rings is 1. The highest BCUT2D eigenvalue weighted by Gasteiger charge is 2.32. The van der Waals surface area contributed by atoms with Gasteiger partial charge in [0.15, 0.2) is 0 Å². The SMILES string of the molecule is Cc1csc(C(=O)N2CC[C@H](c3nnc(-c4cnc(C)cn4)o3)C2)c1. The van der Waals surface area contributed by atoms with Gasteiger partial charge < -0.3 is 9.32 Å². The minimum atomic E-state index is 0.0599. The Morgan fingerprint density at radius 1 is 1.28 bits per heavy atom. The molecule has 0 aromatic carbocycles. The molecule has 1 atom stereocenters. The van der Waals surface area contributed by atoms with Gasteiger partial charge in [-0.05, 0) is 37.3 Å². The van der Waals surface area contributed by atoms with Crippen LogP contribution in [0.15, 0.2) is 28.3 Å². The van der Waals surface area contributed by atoms with Gasteiger partial charge in [0.05, 0.1) is 22.7 Å². The van der Waals surface area contributed by atoms with E-state index in [1.807, 2.05) is 30.2 Å². The Balaban J connectivity index is 1.47. The second-order valence-electron chi connectivity index (χ2n) is 6.21. The average Bonchev–Trinajstić information content (AvgIpc) is 3.35. The largest absolute Gasteiger partial charge is 0.419 e. The summed E-state index contributed by atoms with van der Waals surface area (Å²) < 4.78 is 5.77. The lowest BCUT2D eigenvalue weighted by molar-refractivity contribution is 0.0794. The zero-order chi connectivity index (χ0) is 17.4. The Kier molecular flexibility index (Phi) is 4.04. The normalized spacial score (nSPS) is 17.2. The lowest BCUT2D eigenvalue weighted by atomic mass is 10.1. The van der Waals surface area contributed by atoms with Crippen molar-refractivity contribution in [1.29, 1.82) is 0 Å². The first-order valence-corrected chi connectivity index (χ1v) is 8.95. The quantitative estimate of drug-likeness (QED) is 0.718. The van der Waals surface area contributed by atoms with Crippen LogP contribution in [0.3, 0.4) is 0 Å². The maximum absolute atomic E-state index is 12.5. The predicted molar refractivity (Wildman–Crippen MR) is 92.4 cm³/mol. The summed E-state index contributed by atoms with van der Waals surface area (Å²) in [5.41, 5.74) is 2.51. The van der Waals surface area contributed by atoms with Gasteiger partial charge >= 0.3 is 0 Å². The number of aromatic nitrogens is 4. The zero-order valence-corrected chi connectivity index (χ0v) is 14.8. The van der Waals surface area contributed by atoms with Crippen molar-refractivity contribution in [1.82, 2.24) is 25.1 Å². The van der Waals surface area contributed by atoms with E-state index in [0.29, 0.717) is 30.6 Å². The molecule has 1 amide bonds. The highest BCUT2D eigenvalue weighted by molar-refractivity contribution is 7.12. The van der Waals surface area contributed by atoms with Crippen LogP contribution >= 0.6 is 11.3 Å². The Morgan fingerprint density at radius 3 is 2.88 bits per heavy atom. The molecule has 1 saturated heterocycles. The molecular formula is C17H17N5O2S. The summed E-state index contributed by atoms with van der Waals surface area (Å²) in [7, 11) is 0. The van der Waals surface area contributed by atoms with Crippen molar-refractivity contribution >= 4 is 17.2 Å². The molecule has 1 aliphatic rings. The minimum absolute atomic E-state index is 0.0599. The zero-order valence-electron chi connectivity index (χ0n) is 14.0. The van der Waals surface area contributed by atoms with Gasteiger partial charge in [0.2, 0.25) is 5.89 Å². The van der Waals surface area contributed by atoms with Gasteiger partial charge in [0.25, 0.3) is 11.8 Å². The summed E-state index contributed by atoms with van der Waals surface area (Å²) in [6, 6.07) is 1.93. The second kappa shape index (κ2) is 6.36. The number of amides is 1. The van der Waals surface area contributed by atoms with Crippen LogP contribution in [-0.4, -0.2) is 44.1 Å². The Hall–Kier alpha value is -2.61. The minimum Gasteiger partial charge on any atom is -0.419 e. The lowest BCUT2D eigenvalue weighted by Crippen LogP contribution is -2.27. The van der Waals surface area contributed by atoms with E-state index in [0.717, 1.165) is 22.6 Å². The molecule has 0 saturated carbocycles. The number of rotatable bonds is 3. The molecule has 0 spiro atoms.